The van der Waals surface area contributed by atoms with Crippen molar-refractivity contribution in [3.63, 3.8) is 0 Å². The first-order chi connectivity index (χ1) is 14.6. The van der Waals surface area contributed by atoms with E-state index in [9.17, 15) is 9.90 Å². The van der Waals surface area contributed by atoms with Crippen molar-refractivity contribution in [1.82, 2.24) is 15.2 Å². The number of aromatic carboxylic acids is 1. The molecule has 2 aromatic heterocycles. The van der Waals surface area contributed by atoms with Crippen molar-refractivity contribution in [1.29, 1.82) is 0 Å². The summed E-state index contributed by atoms with van der Waals surface area (Å²) < 4.78 is 10.4. The lowest BCUT2D eigenvalue weighted by atomic mass is 10.1. The predicted octanol–water partition coefficient (Wildman–Crippen LogP) is 2.81. The van der Waals surface area contributed by atoms with E-state index in [1.807, 2.05) is 26.0 Å². The molecule has 162 valence electrons. The molecule has 2 saturated heterocycles. The molecule has 0 aromatic carbocycles. The highest BCUT2D eigenvalue weighted by Gasteiger charge is 2.22. The summed E-state index contributed by atoms with van der Waals surface area (Å²) in [5.74, 6) is -0.124. The van der Waals surface area contributed by atoms with Crippen molar-refractivity contribution in [2.75, 3.05) is 52.6 Å². The molecule has 0 atom stereocenters. The van der Waals surface area contributed by atoms with Crippen LogP contribution in [0.1, 0.15) is 22.8 Å². The Hall–Kier alpha value is -2.33. The van der Waals surface area contributed by atoms with Crippen LogP contribution in [0, 0.1) is 6.92 Å². The topological polar surface area (TPSA) is 96.3 Å². The van der Waals surface area contributed by atoms with E-state index in [0.29, 0.717) is 18.2 Å². The Labute approximate surface area is 180 Å². The summed E-state index contributed by atoms with van der Waals surface area (Å²) in [7, 11) is 0. The standard InChI is InChI=1S/C17H19N3O3S.C4H9NO/c1-11-14(17(21)22)16(19-12(2)20-7-9-23-10-8-20)24-15(11)13-3-5-18-6-4-13;1-3-6-4-2-5-1/h3-6H,7-10H2,1-2H3,(H,21,22);5H,1-4H2/b19-12+;. The second kappa shape index (κ2) is 11.2. The molecule has 0 spiro atoms. The second-order valence-corrected chi connectivity index (χ2v) is 7.90. The molecular formula is C21H28N4O4S. The van der Waals surface area contributed by atoms with Crippen LogP contribution >= 0.6 is 11.3 Å². The van der Waals surface area contributed by atoms with Crippen LogP contribution in [0.2, 0.25) is 0 Å². The van der Waals surface area contributed by atoms with Crippen molar-refractivity contribution >= 4 is 28.1 Å². The second-order valence-electron chi connectivity index (χ2n) is 6.90. The highest BCUT2D eigenvalue weighted by molar-refractivity contribution is 7.19. The van der Waals surface area contributed by atoms with Gasteiger partial charge in [0.25, 0.3) is 0 Å². The normalized spacial score (nSPS) is 17.3. The molecule has 0 bridgehead atoms. The van der Waals surface area contributed by atoms with Crippen LogP contribution in [0.5, 0.6) is 0 Å². The monoisotopic (exact) mass is 432 g/mol. The maximum atomic E-state index is 11.7. The van der Waals surface area contributed by atoms with Gasteiger partial charge in [-0.3, -0.25) is 4.98 Å². The van der Waals surface area contributed by atoms with E-state index in [1.165, 1.54) is 11.3 Å². The van der Waals surface area contributed by atoms with E-state index < -0.39 is 5.97 Å². The summed E-state index contributed by atoms with van der Waals surface area (Å²) in [6.45, 7) is 10.5. The maximum absolute atomic E-state index is 11.7. The van der Waals surface area contributed by atoms with Gasteiger partial charge < -0.3 is 24.8 Å². The molecule has 30 heavy (non-hydrogen) atoms. The van der Waals surface area contributed by atoms with E-state index in [0.717, 1.165) is 61.2 Å². The number of carbonyl (C=O) groups is 1. The number of nitrogens with zero attached hydrogens (tertiary/aromatic N) is 3. The lowest BCUT2D eigenvalue weighted by molar-refractivity contribution is 0.0677. The fraction of sp³-hybridized carbons (Fsp3) is 0.476. The Balaban J connectivity index is 0.000000367. The summed E-state index contributed by atoms with van der Waals surface area (Å²) in [5.41, 5.74) is 1.98. The Bertz CT molecular complexity index is 848. The molecule has 2 aromatic rings. The minimum absolute atomic E-state index is 0.277. The number of carboxylic acids is 1. The minimum Gasteiger partial charge on any atom is -0.478 e. The van der Waals surface area contributed by atoms with Crippen LogP contribution in [-0.4, -0.2) is 79.4 Å². The molecule has 9 heteroatoms. The first-order valence-electron chi connectivity index (χ1n) is 10.0. The van der Waals surface area contributed by atoms with Crippen LogP contribution in [0.3, 0.4) is 0 Å². The van der Waals surface area contributed by atoms with Crippen LogP contribution in [-0.2, 0) is 9.47 Å². The average molecular weight is 433 g/mol. The van der Waals surface area contributed by atoms with Gasteiger partial charge in [0.1, 0.15) is 10.8 Å². The number of morpholine rings is 2. The zero-order valence-electron chi connectivity index (χ0n) is 17.4. The molecular weight excluding hydrogens is 404 g/mol. The zero-order chi connectivity index (χ0) is 21.3. The van der Waals surface area contributed by atoms with Crippen molar-refractivity contribution in [3.05, 3.63) is 35.7 Å². The fourth-order valence-electron chi connectivity index (χ4n) is 3.23. The number of amidine groups is 1. The van der Waals surface area contributed by atoms with Crippen LogP contribution < -0.4 is 5.32 Å². The van der Waals surface area contributed by atoms with Crippen LogP contribution in [0.15, 0.2) is 29.5 Å². The minimum atomic E-state index is -0.947. The molecule has 2 N–H and O–H groups in total. The van der Waals surface area contributed by atoms with Gasteiger partial charge in [0.05, 0.1) is 32.0 Å². The number of rotatable bonds is 3. The summed E-state index contributed by atoms with van der Waals surface area (Å²) >= 11 is 1.41. The van der Waals surface area contributed by atoms with Crippen LogP contribution in [0.4, 0.5) is 5.00 Å². The highest BCUT2D eigenvalue weighted by Crippen LogP contribution is 2.41. The number of carboxylic acid groups (broad SMARTS) is 1. The van der Waals surface area contributed by atoms with Crippen molar-refractivity contribution in [2.45, 2.75) is 13.8 Å². The molecule has 8 nitrogen and oxygen atoms in total. The number of nitrogens with one attached hydrogen (secondary N) is 1. The third kappa shape index (κ3) is 5.85. The van der Waals surface area contributed by atoms with Gasteiger partial charge in [0.15, 0.2) is 0 Å². The molecule has 0 unspecified atom stereocenters. The van der Waals surface area contributed by atoms with Crippen LogP contribution in [0.25, 0.3) is 10.4 Å². The number of thiophene rings is 1. The fourth-order valence-corrected chi connectivity index (χ4v) is 4.45. The Morgan fingerprint density at radius 3 is 2.33 bits per heavy atom. The summed E-state index contributed by atoms with van der Waals surface area (Å²) in [5, 5.41) is 13.3. The predicted molar refractivity (Wildman–Crippen MR) is 118 cm³/mol. The van der Waals surface area contributed by atoms with Gasteiger partial charge in [-0.2, -0.15) is 0 Å². The molecule has 0 saturated carbocycles. The number of aromatic nitrogens is 1. The lowest BCUT2D eigenvalue weighted by Gasteiger charge is -2.28. The average Bonchev–Trinajstić information content (AvgIpc) is 3.12. The van der Waals surface area contributed by atoms with Crippen molar-refractivity contribution in [2.24, 2.45) is 4.99 Å². The highest BCUT2D eigenvalue weighted by atomic mass is 32.1. The number of hydrogen-bond acceptors (Lipinski definition) is 7. The van der Waals surface area contributed by atoms with Gasteiger partial charge in [-0.15, -0.1) is 11.3 Å². The quantitative estimate of drug-likeness (QED) is 0.569. The third-order valence-corrected chi connectivity index (χ3v) is 6.10. The molecule has 0 radical (unpaired) electrons. The Kier molecular flexibility index (Phi) is 8.32. The van der Waals surface area contributed by atoms with Crippen molar-refractivity contribution < 1.29 is 19.4 Å². The first kappa shape index (κ1) is 22.4. The SMILES string of the molecule is C/C(=N\c1sc(-c2ccncc2)c(C)c1C(=O)O)N1CCOCC1.C1COCCN1. The Morgan fingerprint density at radius 1 is 1.17 bits per heavy atom. The van der Waals surface area contributed by atoms with Gasteiger partial charge in [-0.05, 0) is 37.1 Å². The van der Waals surface area contributed by atoms with E-state index in [1.54, 1.807) is 12.4 Å². The van der Waals surface area contributed by atoms with Gasteiger partial charge in [-0.25, -0.2) is 9.79 Å². The molecule has 4 heterocycles. The number of ether oxygens (including phenoxy) is 2. The third-order valence-electron chi connectivity index (χ3n) is 4.86. The molecule has 2 aliphatic heterocycles. The number of pyridine rings is 1. The molecule has 2 aliphatic rings. The summed E-state index contributed by atoms with van der Waals surface area (Å²) in [4.78, 5) is 23.4. The van der Waals surface area contributed by atoms with Gasteiger partial charge in [0.2, 0.25) is 0 Å². The van der Waals surface area contributed by atoms with E-state index in [4.69, 9.17) is 9.47 Å². The van der Waals surface area contributed by atoms with Gasteiger partial charge in [-0.1, -0.05) is 0 Å². The van der Waals surface area contributed by atoms with E-state index >= 15 is 0 Å². The largest absolute Gasteiger partial charge is 0.478 e. The van der Waals surface area contributed by atoms with E-state index in [-0.39, 0.29) is 5.56 Å². The van der Waals surface area contributed by atoms with Crippen molar-refractivity contribution in [3.8, 4) is 10.4 Å². The van der Waals surface area contributed by atoms with E-state index in [2.05, 4.69) is 20.2 Å². The van der Waals surface area contributed by atoms with Gasteiger partial charge in [0, 0.05) is 43.4 Å². The molecule has 2 fully saturated rings. The lowest BCUT2D eigenvalue weighted by Crippen LogP contribution is -2.39. The zero-order valence-corrected chi connectivity index (χ0v) is 18.2. The maximum Gasteiger partial charge on any atom is 0.339 e. The first-order valence-corrected chi connectivity index (χ1v) is 10.8. The Morgan fingerprint density at radius 2 is 1.80 bits per heavy atom. The molecule has 0 amide bonds. The smallest absolute Gasteiger partial charge is 0.339 e. The molecule has 4 rings (SSSR count). The summed E-state index contributed by atoms with van der Waals surface area (Å²) in [6.07, 6.45) is 3.41. The number of aliphatic imine (C=N–C) groups is 1. The molecule has 0 aliphatic carbocycles. The van der Waals surface area contributed by atoms with Gasteiger partial charge >= 0.3 is 5.97 Å². The number of hydrogen-bond donors (Lipinski definition) is 2. The summed E-state index contributed by atoms with van der Waals surface area (Å²) in [6, 6.07) is 3.76.